The van der Waals surface area contributed by atoms with Gasteiger partial charge in [-0.1, -0.05) is 26.7 Å². The molecule has 0 amide bonds. The SMILES string of the molecule is CC(C)c1cc2c(C3CCCC3)cc(C(=O)O)cc2s1. The van der Waals surface area contributed by atoms with Gasteiger partial charge in [0.05, 0.1) is 5.56 Å². The molecule has 2 aromatic rings. The highest BCUT2D eigenvalue weighted by Crippen LogP contribution is 2.41. The van der Waals surface area contributed by atoms with Crippen LogP contribution in [0.2, 0.25) is 0 Å². The van der Waals surface area contributed by atoms with Gasteiger partial charge in [-0.25, -0.2) is 4.79 Å². The number of fused-ring (bicyclic) bond motifs is 1. The van der Waals surface area contributed by atoms with E-state index in [9.17, 15) is 9.90 Å². The largest absolute Gasteiger partial charge is 0.478 e. The molecule has 0 bridgehead atoms. The van der Waals surface area contributed by atoms with Crippen molar-refractivity contribution in [2.75, 3.05) is 0 Å². The maximum atomic E-state index is 11.4. The van der Waals surface area contributed by atoms with Crippen LogP contribution in [0.15, 0.2) is 18.2 Å². The fourth-order valence-corrected chi connectivity index (χ4v) is 4.31. The number of rotatable bonds is 3. The Hall–Kier alpha value is -1.35. The molecule has 0 atom stereocenters. The number of carbonyl (C=O) groups is 1. The second-order valence-corrected chi connectivity index (χ2v) is 7.18. The Balaban J connectivity index is 2.20. The Morgan fingerprint density at radius 2 is 1.95 bits per heavy atom. The topological polar surface area (TPSA) is 37.3 Å². The van der Waals surface area contributed by atoms with Gasteiger partial charge in [-0.2, -0.15) is 0 Å². The van der Waals surface area contributed by atoms with Gasteiger partial charge in [-0.3, -0.25) is 0 Å². The van der Waals surface area contributed by atoms with E-state index in [-0.39, 0.29) is 0 Å². The zero-order valence-corrected chi connectivity index (χ0v) is 12.8. The molecule has 0 unspecified atom stereocenters. The second kappa shape index (κ2) is 5.21. The van der Waals surface area contributed by atoms with Crippen LogP contribution >= 0.6 is 11.3 Å². The van der Waals surface area contributed by atoms with E-state index in [0.717, 1.165) is 4.70 Å². The van der Waals surface area contributed by atoms with Crippen molar-refractivity contribution in [3.8, 4) is 0 Å². The first-order valence-electron chi connectivity index (χ1n) is 7.37. The van der Waals surface area contributed by atoms with Gasteiger partial charge in [-0.15, -0.1) is 11.3 Å². The quantitative estimate of drug-likeness (QED) is 0.823. The van der Waals surface area contributed by atoms with Crippen LogP contribution < -0.4 is 0 Å². The Bertz CT molecular complexity index is 648. The number of hydrogen-bond acceptors (Lipinski definition) is 2. The monoisotopic (exact) mass is 288 g/mol. The summed E-state index contributed by atoms with van der Waals surface area (Å²) in [6, 6.07) is 6.04. The van der Waals surface area contributed by atoms with Gasteiger partial charge < -0.3 is 5.11 Å². The zero-order chi connectivity index (χ0) is 14.3. The van der Waals surface area contributed by atoms with Gasteiger partial charge in [0.2, 0.25) is 0 Å². The number of carboxylic acid groups (broad SMARTS) is 1. The van der Waals surface area contributed by atoms with E-state index in [1.165, 1.54) is 41.5 Å². The second-order valence-electron chi connectivity index (χ2n) is 6.07. The van der Waals surface area contributed by atoms with Crippen LogP contribution in [0.25, 0.3) is 10.1 Å². The lowest BCUT2D eigenvalue weighted by atomic mass is 9.92. The Morgan fingerprint density at radius 1 is 1.25 bits per heavy atom. The van der Waals surface area contributed by atoms with Crippen LogP contribution in [-0.4, -0.2) is 11.1 Å². The first-order chi connectivity index (χ1) is 9.56. The molecule has 1 heterocycles. The molecule has 2 nitrogen and oxygen atoms in total. The highest BCUT2D eigenvalue weighted by atomic mass is 32.1. The van der Waals surface area contributed by atoms with Crippen LogP contribution in [0.3, 0.4) is 0 Å². The predicted molar refractivity (Wildman–Crippen MR) is 84.1 cm³/mol. The molecule has 1 aliphatic carbocycles. The number of thiophene rings is 1. The van der Waals surface area contributed by atoms with Gasteiger partial charge in [0.1, 0.15) is 0 Å². The van der Waals surface area contributed by atoms with E-state index in [2.05, 4.69) is 19.9 Å². The molecule has 1 fully saturated rings. The minimum Gasteiger partial charge on any atom is -0.478 e. The summed E-state index contributed by atoms with van der Waals surface area (Å²) in [4.78, 5) is 12.7. The van der Waals surface area contributed by atoms with Crippen LogP contribution in [0.1, 0.15) is 72.2 Å². The van der Waals surface area contributed by atoms with Crippen molar-refractivity contribution in [1.29, 1.82) is 0 Å². The number of hydrogen-bond donors (Lipinski definition) is 1. The zero-order valence-electron chi connectivity index (χ0n) is 12.0. The van der Waals surface area contributed by atoms with E-state index in [0.29, 0.717) is 17.4 Å². The lowest BCUT2D eigenvalue weighted by Crippen LogP contribution is -2.00. The van der Waals surface area contributed by atoms with Gasteiger partial charge in [0.15, 0.2) is 0 Å². The smallest absolute Gasteiger partial charge is 0.335 e. The van der Waals surface area contributed by atoms with Gasteiger partial charge >= 0.3 is 5.97 Å². The van der Waals surface area contributed by atoms with Crippen molar-refractivity contribution in [2.24, 2.45) is 0 Å². The van der Waals surface area contributed by atoms with Gasteiger partial charge in [0.25, 0.3) is 0 Å². The lowest BCUT2D eigenvalue weighted by Gasteiger charge is -2.12. The molecule has 0 aliphatic heterocycles. The number of aromatic carboxylic acids is 1. The summed E-state index contributed by atoms with van der Waals surface area (Å²) in [5.41, 5.74) is 1.71. The average Bonchev–Trinajstić information content (AvgIpc) is 3.06. The van der Waals surface area contributed by atoms with Gasteiger partial charge in [0, 0.05) is 9.58 Å². The summed E-state index contributed by atoms with van der Waals surface area (Å²) >= 11 is 1.75. The molecule has 3 rings (SSSR count). The molecule has 1 aromatic heterocycles. The summed E-state index contributed by atoms with van der Waals surface area (Å²) < 4.78 is 1.13. The van der Waals surface area contributed by atoms with Crippen molar-refractivity contribution < 1.29 is 9.90 Å². The van der Waals surface area contributed by atoms with Crippen LogP contribution in [0.4, 0.5) is 0 Å². The van der Waals surface area contributed by atoms with Crippen molar-refractivity contribution in [1.82, 2.24) is 0 Å². The minimum absolute atomic E-state index is 0.441. The van der Waals surface area contributed by atoms with Crippen molar-refractivity contribution >= 4 is 27.4 Å². The third-order valence-electron chi connectivity index (χ3n) is 4.30. The molecule has 1 saturated carbocycles. The first kappa shape index (κ1) is 13.6. The lowest BCUT2D eigenvalue weighted by molar-refractivity contribution is 0.0697. The Kier molecular flexibility index (Phi) is 3.55. The molecular weight excluding hydrogens is 268 g/mol. The summed E-state index contributed by atoms with van der Waals surface area (Å²) in [6.45, 7) is 4.39. The Labute approximate surface area is 123 Å². The third kappa shape index (κ3) is 2.35. The molecule has 0 spiro atoms. The van der Waals surface area contributed by atoms with E-state index in [1.807, 2.05) is 12.1 Å². The van der Waals surface area contributed by atoms with E-state index in [4.69, 9.17) is 0 Å². The maximum Gasteiger partial charge on any atom is 0.335 e. The van der Waals surface area contributed by atoms with Crippen LogP contribution in [-0.2, 0) is 0 Å². The molecule has 3 heteroatoms. The molecule has 20 heavy (non-hydrogen) atoms. The van der Waals surface area contributed by atoms with Crippen molar-refractivity contribution in [3.05, 3.63) is 34.2 Å². The highest BCUT2D eigenvalue weighted by molar-refractivity contribution is 7.19. The van der Waals surface area contributed by atoms with E-state index >= 15 is 0 Å². The molecule has 106 valence electrons. The normalized spacial score (nSPS) is 16.4. The summed E-state index contributed by atoms with van der Waals surface area (Å²) in [6.07, 6.45) is 4.94. The number of benzene rings is 1. The van der Waals surface area contributed by atoms with E-state index < -0.39 is 5.97 Å². The van der Waals surface area contributed by atoms with E-state index in [1.54, 1.807) is 11.3 Å². The summed E-state index contributed by atoms with van der Waals surface area (Å²) in [5.74, 6) is 0.231. The standard InChI is InChI=1S/C17H20O2S/c1-10(2)15-9-14-13(11-5-3-4-6-11)7-12(17(18)19)8-16(14)20-15/h7-11H,3-6H2,1-2H3,(H,18,19). The maximum absolute atomic E-state index is 11.4. The molecule has 1 aliphatic rings. The fraction of sp³-hybridized carbons (Fsp3) is 0.471. The molecule has 0 saturated heterocycles. The predicted octanol–water partition coefficient (Wildman–Crippen LogP) is 5.38. The first-order valence-corrected chi connectivity index (χ1v) is 8.18. The number of carboxylic acids is 1. The van der Waals surface area contributed by atoms with Crippen molar-refractivity contribution in [2.45, 2.75) is 51.4 Å². The molecule has 0 radical (unpaired) electrons. The minimum atomic E-state index is -0.814. The molecular formula is C17H20O2S. The summed E-state index contributed by atoms with van der Waals surface area (Å²) in [5, 5.41) is 10.6. The fourth-order valence-electron chi connectivity index (χ4n) is 3.17. The van der Waals surface area contributed by atoms with Crippen LogP contribution in [0, 0.1) is 0 Å². The van der Waals surface area contributed by atoms with Crippen molar-refractivity contribution in [3.63, 3.8) is 0 Å². The summed E-state index contributed by atoms with van der Waals surface area (Å²) in [7, 11) is 0. The third-order valence-corrected chi connectivity index (χ3v) is 5.68. The molecule has 1 aromatic carbocycles. The van der Waals surface area contributed by atoms with Gasteiger partial charge in [-0.05, 0) is 53.8 Å². The highest BCUT2D eigenvalue weighted by Gasteiger charge is 2.22. The average molecular weight is 288 g/mol. The van der Waals surface area contributed by atoms with Crippen LogP contribution in [0.5, 0.6) is 0 Å². The molecule has 1 N–H and O–H groups in total. The Morgan fingerprint density at radius 3 is 2.55 bits per heavy atom.